The van der Waals surface area contributed by atoms with E-state index in [1.807, 2.05) is 26.0 Å². The van der Waals surface area contributed by atoms with Gasteiger partial charge in [0.15, 0.2) is 5.82 Å². The molecule has 0 aliphatic rings. The van der Waals surface area contributed by atoms with E-state index in [-0.39, 0.29) is 5.91 Å². The fourth-order valence-electron chi connectivity index (χ4n) is 2.42. The maximum absolute atomic E-state index is 12.4. The van der Waals surface area contributed by atoms with Crippen molar-refractivity contribution in [3.8, 4) is 0 Å². The molecule has 2 aromatic heterocycles. The summed E-state index contributed by atoms with van der Waals surface area (Å²) >= 11 is 6.23. The molecule has 0 fully saturated rings. The van der Waals surface area contributed by atoms with Crippen LogP contribution >= 0.6 is 11.6 Å². The van der Waals surface area contributed by atoms with E-state index >= 15 is 0 Å². The minimum absolute atomic E-state index is 0.273. The van der Waals surface area contributed by atoms with Gasteiger partial charge in [-0.2, -0.15) is 0 Å². The summed E-state index contributed by atoms with van der Waals surface area (Å²) in [6.07, 6.45) is 1.49. The van der Waals surface area contributed by atoms with Crippen molar-refractivity contribution in [3.05, 3.63) is 64.0 Å². The molecule has 3 rings (SSSR count). The molecule has 2 heterocycles. The van der Waals surface area contributed by atoms with E-state index < -0.39 is 0 Å². The van der Waals surface area contributed by atoms with Crippen LogP contribution in [0.5, 0.6) is 0 Å². The van der Waals surface area contributed by atoms with E-state index in [2.05, 4.69) is 20.8 Å². The normalized spacial score (nSPS) is 10.6. The zero-order chi connectivity index (χ0) is 18.0. The first kappa shape index (κ1) is 17.0. The van der Waals surface area contributed by atoms with Gasteiger partial charge in [0.2, 0.25) is 0 Å². The van der Waals surface area contributed by atoms with Gasteiger partial charge in [-0.15, -0.1) is 0 Å². The molecule has 0 aliphatic heterocycles. The highest BCUT2D eigenvalue weighted by molar-refractivity contribution is 6.34. The molecular weight excluding hydrogens is 340 g/mol. The first-order valence-electron chi connectivity index (χ1n) is 7.67. The maximum atomic E-state index is 12.4. The Kier molecular flexibility index (Phi) is 4.72. The van der Waals surface area contributed by atoms with Gasteiger partial charge in [-0.1, -0.05) is 22.8 Å². The molecule has 0 spiro atoms. The monoisotopic (exact) mass is 356 g/mol. The van der Waals surface area contributed by atoms with Crippen molar-refractivity contribution >= 4 is 34.8 Å². The molecule has 25 heavy (non-hydrogen) atoms. The molecule has 7 heteroatoms. The quantitative estimate of drug-likeness (QED) is 0.711. The number of amides is 1. The molecule has 1 aromatic carbocycles. The van der Waals surface area contributed by atoms with E-state index in [9.17, 15) is 4.79 Å². The third-order valence-electron chi connectivity index (χ3n) is 3.58. The largest absolute Gasteiger partial charge is 0.360 e. The Bertz CT molecular complexity index is 896. The van der Waals surface area contributed by atoms with E-state index in [4.69, 9.17) is 16.1 Å². The molecule has 0 bridgehead atoms. The van der Waals surface area contributed by atoms with Crippen molar-refractivity contribution < 1.29 is 9.32 Å². The standard InChI is InChI=1S/C18H17ClN4O2/c1-10-6-11(2)17(14(19)7-10)22-18(24)13-4-5-15(20-9-13)21-16-8-12(3)25-23-16/h4-9H,1-3H3,(H,22,24)(H,20,21,23). The second-order valence-corrected chi connectivity index (χ2v) is 6.18. The van der Waals surface area contributed by atoms with Gasteiger partial charge in [0.05, 0.1) is 16.3 Å². The second kappa shape index (κ2) is 6.94. The van der Waals surface area contributed by atoms with Crippen molar-refractivity contribution in [3.63, 3.8) is 0 Å². The lowest BCUT2D eigenvalue weighted by atomic mass is 10.1. The van der Waals surface area contributed by atoms with Crippen molar-refractivity contribution in [1.82, 2.24) is 10.1 Å². The van der Waals surface area contributed by atoms with E-state index in [0.717, 1.165) is 11.1 Å². The number of carbonyl (C=O) groups is 1. The van der Waals surface area contributed by atoms with Gasteiger partial charge < -0.3 is 15.2 Å². The lowest BCUT2D eigenvalue weighted by Crippen LogP contribution is -2.13. The van der Waals surface area contributed by atoms with Gasteiger partial charge in [0.1, 0.15) is 11.6 Å². The highest BCUT2D eigenvalue weighted by Crippen LogP contribution is 2.27. The number of nitrogens with one attached hydrogen (secondary N) is 2. The topological polar surface area (TPSA) is 80.0 Å². The molecule has 0 saturated carbocycles. The van der Waals surface area contributed by atoms with Crippen molar-refractivity contribution in [2.24, 2.45) is 0 Å². The summed E-state index contributed by atoms with van der Waals surface area (Å²) in [5.74, 6) is 1.55. The van der Waals surface area contributed by atoms with Gasteiger partial charge in [-0.05, 0) is 50.1 Å². The molecule has 1 amide bonds. The predicted octanol–water partition coefficient (Wildman–Crippen LogP) is 4.64. The van der Waals surface area contributed by atoms with Crippen LogP contribution in [0.2, 0.25) is 5.02 Å². The van der Waals surface area contributed by atoms with E-state index in [1.165, 1.54) is 6.20 Å². The maximum Gasteiger partial charge on any atom is 0.257 e. The van der Waals surface area contributed by atoms with Crippen molar-refractivity contribution in [2.45, 2.75) is 20.8 Å². The minimum Gasteiger partial charge on any atom is -0.360 e. The Labute approximate surface area is 150 Å². The highest BCUT2D eigenvalue weighted by atomic mass is 35.5. The second-order valence-electron chi connectivity index (χ2n) is 5.77. The van der Waals surface area contributed by atoms with Gasteiger partial charge in [-0.3, -0.25) is 4.79 Å². The number of aromatic nitrogens is 2. The molecule has 2 N–H and O–H groups in total. The van der Waals surface area contributed by atoms with E-state index in [1.54, 1.807) is 25.1 Å². The minimum atomic E-state index is -0.273. The molecule has 6 nitrogen and oxygen atoms in total. The third kappa shape index (κ3) is 3.97. The number of nitrogens with zero attached hydrogens (tertiary/aromatic N) is 2. The molecule has 128 valence electrons. The summed E-state index contributed by atoms with van der Waals surface area (Å²) in [4.78, 5) is 16.6. The van der Waals surface area contributed by atoms with Crippen LogP contribution in [0, 0.1) is 20.8 Å². The summed E-state index contributed by atoms with van der Waals surface area (Å²) in [5, 5.41) is 10.2. The third-order valence-corrected chi connectivity index (χ3v) is 3.88. The van der Waals surface area contributed by atoms with E-state index in [0.29, 0.717) is 33.7 Å². The number of aryl methyl sites for hydroxylation is 3. The number of halogens is 1. The first-order chi connectivity index (χ1) is 11.9. The fourth-order valence-corrected chi connectivity index (χ4v) is 2.79. The average Bonchev–Trinajstić information content (AvgIpc) is 2.96. The van der Waals surface area contributed by atoms with Crippen molar-refractivity contribution in [2.75, 3.05) is 10.6 Å². The average molecular weight is 357 g/mol. The summed E-state index contributed by atoms with van der Waals surface area (Å²) in [6, 6.07) is 8.91. The zero-order valence-corrected chi connectivity index (χ0v) is 14.8. The van der Waals surface area contributed by atoms with Gasteiger partial charge >= 0.3 is 0 Å². The number of carbonyl (C=O) groups excluding carboxylic acids is 1. The summed E-state index contributed by atoms with van der Waals surface area (Å²) in [7, 11) is 0. The lowest BCUT2D eigenvalue weighted by Gasteiger charge is -2.11. The van der Waals surface area contributed by atoms with Crippen LogP contribution in [-0.2, 0) is 0 Å². The Morgan fingerprint density at radius 1 is 1.12 bits per heavy atom. The van der Waals surface area contributed by atoms with Crippen LogP contribution in [0.3, 0.4) is 0 Å². The van der Waals surface area contributed by atoms with Gasteiger partial charge in [0, 0.05) is 12.3 Å². The van der Waals surface area contributed by atoms with Crippen LogP contribution < -0.4 is 10.6 Å². The SMILES string of the molecule is Cc1cc(C)c(NC(=O)c2ccc(Nc3cc(C)on3)nc2)c(Cl)c1. The molecule has 0 atom stereocenters. The van der Waals surface area contributed by atoms with Crippen LogP contribution in [-0.4, -0.2) is 16.0 Å². The van der Waals surface area contributed by atoms with Gasteiger partial charge in [-0.25, -0.2) is 4.98 Å². The number of hydrogen-bond acceptors (Lipinski definition) is 5. The predicted molar refractivity (Wildman–Crippen MR) is 97.6 cm³/mol. The molecule has 0 radical (unpaired) electrons. The molecule has 3 aromatic rings. The smallest absolute Gasteiger partial charge is 0.257 e. The molecule has 0 aliphatic carbocycles. The Morgan fingerprint density at radius 2 is 1.92 bits per heavy atom. The Hall–Kier alpha value is -2.86. The number of hydrogen-bond donors (Lipinski definition) is 2. The zero-order valence-electron chi connectivity index (χ0n) is 14.1. The van der Waals surface area contributed by atoms with Crippen LogP contribution in [0.25, 0.3) is 0 Å². The number of benzene rings is 1. The van der Waals surface area contributed by atoms with Crippen LogP contribution in [0.1, 0.15) is 27.2 Å². The summed E-state index contributed by atoms with van der Waals surface area (Å²) < 4.78 is 4.98. The Morgan fingerprint density at radius 3 is 2.52 bits per heavy atom. The summed E-state index contributed by atoms with van der Waals surface area (Å²) in [5.41, 5.74) is 2.99. The summed E-state index contributed by atoms with van der Waals surface area (Å²) in [6.45, 7) is 5.66. The lowest BCUT2D eigenvalue weighted by molar-refractivity contribution is 0.102. The number of pyridine rings is 1. The molecule has 0 saturated heterocycles. The molecular formula is C18H17ClN4O2. The van der Waals surface area contributed by atoms with Gasteiger partial charge in [0.25, 0.3) is 5.91 Å². The Balaban J connectivity index is 1.73. The van der Waals surface area contributed by atoms with Crippen LogP contribution in [0.4, 0.5) is 17.3 Å². The number of rotatable bonds is 4. The fraction of sp³-hybridized carbons (Fsp3) is 0.167. The van der Waals surface area contributed by atoms with Crippen molar-refractivity contribution in [1.29, 1.82) is 0 Å². The highest BCUT2D eigenvalue weighted by Gasteiger charge is 2.12. The first-order valence-corrected chi connectivity index (χ1v) is 8.04. The van der Waals surface area contributed by atoms with Crippen LogP contribution in [0.15, 0.2) is 41.1 Å². The number of anilines is 3. The molecule has 0 unspecified atom stereocenters.